The summed E-state index contributed by atoms with van der Waals surface area (Å²) in [5.74, 6) is 0.0442. The van der Waals surface area contributed by atoms with Gasteiger partial charge in [0, 0.05) is 0 Å². The van der Waals surface area contributed by atoms with Gasteiger partial charge in [0.05, 0.1) is 20.3 Å². The molecule has 0 spiro atoms. The van der Waals surface area contributed by atoms with Crippen molar-refractivity contribution in [2.24, 2.45) is 0 Å². The van der Waals surface area contributed by atoms with Gasteiger partial charge in [0.2, 0.25) is 0 Å². The van der Waals surface area contributed by atoms with E-state index >= 15 is 0 Å². The van der Waals surface area contributed by atoms with Crippen LogP contribution in [0.3, 0.4) is 0 Å². The van der Waals surface area contributed by atoms with E-state index < -0.39 is 29.9 Å². The first-order valence-corrected chi connectivity index (χ1v) is 14.0. The highest BCUT2D eigenvalue weighted by atomic mass is 16.8. The molecule has 4 aromatic carbocycles. The molecule has 0 unspecified atom stereocenters. The second-order valence-electron chi connectivity index (χ2n) is 10.9. The fourth-order valence-corrected chi connectivity index (χ4v) is 5.77. The molecule has 0 saturated carbocycles. The van der Waals surface area contributed by atoms with E-state index in [-0.39, 0.29) is 12.7 Å². The molecule has 6 heteroatoms. The van der Waals surface area contributed by atoms with E-state index in [0.717, 1.165) is 28.0 Å². The van der Waals surface area contributed by atoms with E-state index in [1.165, 1.54) is 0 Å². The fourth-order valence-electron chi connectivity index (χ4n) is 5.77. The molecule has 0 radical (unpaired) electrons. The molecule has 0 N–H and O–H groups in total. The lowest BCUT2D eigenvalue weighted by atomic mass is 9.80. The summed E-state index contributed by atoms with van der Waals surface area (Å²) in [6.07, 6.45) is -1.74. The molecular weight excluding hydrogens is 516 g/mol. The fraction of sp³-hybridized carbons (Fsp3) is 0.314. The van der Waals surface area contributed by atoms with Crippen LogP contribution in [0.15, 0.2) is 115 Å². The van der Waals surface area contributed by atoms with Gasteiger partial charge in [-0.2, -0.15) is 0 Å². The van der Waals surface area contributed by atoms with Gasteiger partial charge in [-0.3, -0.25) is 0 Å². The second-order valence-corrected chi connectivity index (χ2v) is 10.9. The van der Waals surface area contributed by atoms with Crippen molar-refractivity contribution in [1.29, 1.82) is 0 Å². The Labute approximate surface area is 241 Å². The van der Waals surface area contributed by atoms with Gasteiger partial charge in [0.25, 0.3) is 0 Å². The number of hydrogen-bond acceptors (Lipinski definition) is 6. The molecule has 2 aliphatic heterocycles. The van der Waals surface area contributed by atoms with Crippen molar-refractivity contribution >= 4 is 0 Å². The molecule has 4 aromatic rings. The van der Waals surface area contributed by atoms with Crippen molar-refractivity contribution in [3.05, 3.63) is 138 Å². The van der Waals surface area contributed by atoms with Crippen LogP contribution in [-0.4, -0.2) is 44.1 Å². The van der Waals surface area contributed by atoms with Gasteiger partial charge >= 0.3 is 0 Å². The lowest BCUT2D eigenvalue weighted by Gasteiger charge is -2.37. The largest absolute Gasteiger partial charge is 0.497 e. The Balaban J connectivity index is 1.32. The SMILES string of the molecule is COc1ccc(CO[C@@H]2[C@H]3OC(C)(C)O[C@H]3O[C@@H]2COC(c2ccccc2)(c2ccccc2)c2ccccc2)cc1. The molecule has 41 heavy (non-hydrogen) atoms. The predicted molar refractivity (Wildman–Crippen MR) is 155 cm³/mol. The van der Waals surface area contributed by atoms with Gasteiger partial charge in [0.15, 0.2) is 12.1 Å². The monoisotopic (exact) mass is 552 g/mol. The standard InChI is InChI=1S/C35H36O6/c1-34(2)40-32-31(37-23-25-19-21-29(36-3)22-20-25)30(39-33(32)41-34)24-38-35(26-13-7-4-8-14-26,27-15-9-5-10-16-27)28-17-11-6-12-18-28/h4-22,30-33H,23-24H2,1-3H3/t30-,31+,32-,33-/m1/s1. The molecular formula is C35H36O6. The molecule has 0 aromatic heterocycles. The first-order chi connectivity index (χ1) is 20.0. The maximum Gasteiger partial charge on any atom is 0.190 e. The normalized spacial score (nSPS) is 23.3. The van der Waals surface area contributed by atoms with Crippen LogP contribution in [-0.2, 0) is 35.9 Å². The third-order valence-corrected chi connectivity index (χ3v) is 7.69. The molecule has 2 heterocycles. The number of rotatable bonds is 10. The minimum Gasteiger partial charge on any atom is -0.497 e. The van der Waals surface area contributed by atoms with Crippen molar-refractivity contribution in [1.82, 2.24) is 0 Å². The lowest BCUT2D eigenvalue weighted by Crippen LogP contribution is -2.42. The molecule has 6 nitrogen and oxygen atoms in total. The zero-order valence-corrected chi connectivity index (χ0v) is 23.6. The number of methoxy groups -OCH3 is 1. The molecule has 212 valence electrons. The number of benzene rings is 4. The second kappa shape index (κ2) is 11.8. The molecule has 4 atom stereocenters. The summed E-state index contributed by atoms with van der Waals surface area (Å²) in [6.45, 7) is 4.44. The summed E-state index contributed by atoms with van der Waals surface area (Å²) >= 11 is 0. The smallest absolute Gasteiger partial charge is 0.190 e. The van der Waals surface area contributed by atoms with Crippen LogP contribution < -0.4 is 4.74 Å². The van der Waals surface area contributed by atoms with E-state index in [4.69, 9.17) is 28.4 Å². The Morgan fingerprint density at radius 2 is 1.24 bits per heavy atom. The number of hydrogen-bond donors (Lipinski definition) is 0. The zero-order valence-electron chi connectivity index (χ0n) is 23.6. The Morgan fingerprint density at radius 3 is 1.76 bits per heavy atom. The number of ether oxygens (including phenoxy) is 6. The first kappa shape index (κ1) is 27.6. The van der Waals surface area contributed by atoms with E-state index in [1.54, 1.807) is 7.11 Å². The molecule has 0 aliphatic carbocycles. The van der Waals surface area contributed by atoms with Crippen LogP contribution in [0.1, 0.15) is 36.1 Å². The summed E-state index contributed by atoms with van der Waals surface area (Å²) in [4.78, 5) is 0. The molecule has 2 aliphatic rings. The van der Waals surface area contributed by atoms with Crippen LogP contribution in [0.5, 0.6) is 5.75 Å². The van der Waals surface area contributed by atoms with Crippen LogP contribution in [0.2, 0.25) is 0 Å². The summed E-state index contributed by atoms with van der Waals surface area (Å²) in [5, 5.41) is 0. The van der Waals surface area contributed by atoms with Gasteiger partial charge in [-0.1, -0.05) is 103 Å². The third kappa shape index (κ3) is 5.67. The molecule has 0 amide bonds. The topological polar surface area (TPSA) is 55.4 Å². The zero-order chi connectivity index (χ0) is 28.3. The molecule has 0 bridgehead atoms. The molecule has 6 rings (SSSR count). The Hall–Kier alpha value is -3.52. The van der Waals surface area contributed by atoms with Crippen LogP contribution in [0.4, 0.5) is 0 Å². The highest BCUT2D eigenvalue weighted by molar-refractivity contribution is 5.47. The lowest BCUT2D eigenvalue weighted by molar-refractivity contribution is -0.227. The van der Waals surface area contributed by atoms with Crippen molar-refractivity contribution < 1.29 is 28.4 Å². The summed E-state index contributed by atoms with van der Waals surface area (Å²) < 4.78 is 37.7. The highest BCUT2D eigenvalue weighted by Gasteiger charge is 2.56. The average Bonchev–Trinajstić information content (AvgIpc) is 3.49. The van der Waals surface area contributed by atoms with Crippen LogP contribution in [0, 0.1) is 0 Å². The molecule has 2 saturated heterocycles. The Kier molecular flexibility index (Phi) is 7.93. The Bertz CT molecular complexity index is 1290. The van der Waals surface area contributed by atoms with Crippen molar-refractivity contribution in [3.63, 3.8) is 0 Å². The van der Waals surface area contributed by atoms with E-state index in [1.807, 2.05) is 92.7 Å². The van der Waals surface area contributed by atoms with Gasteiger partial charge < -0.3 is 28.4 Å². The minimum absolute atomic E-state index is 0.256. The summed E-state index contributed by atoms with van der Waals surface area (Å²) in [5.41, 5.74) is 3.24. The van der Waals surface area contributed by atoms with E-state index in [2.05, 4.69) is 36.4 Å². The van der Waals surface area contributed by atoms with Crippen molar-refractivity contribution in [2.45, 2.75) is 56.4 Å². The quantitative estimate of drug-likeness (QED) is 0.210. The van der Waals surface area contributed by atoms with Crippen molar-refractivity contribution in [3.8, 4) is 5.75 Å². The van der Waals surface area contributed by atoms with Crippen LogP contribution in [0.25, 0.3) is 0 Å². The van der Waals surface area contributed by atoms with Gasteiger partial charge in [-0.25, -0.2) is 0 Å². The minimum atomic E-state index is -0.869. The average molecular weight is 553 g/mol. The summed E-state index contributed by atoms with van der Waals surface area (Å²) in [7, 11) is 1.66. The van der Waals surface area contributed by atoms with Gasteiger partial charge in [0.1, 0.15) is 29.7 Å². The number of fused-ring (bicyclic) bond motifs is 1. The van der Waals surface area contributed by atoms with Crippen molar-refractivity contribution in [2.75, 3.05) is 13.7 Å². The maximum absolute atomic E-state index is 7.07. The first-order valence-electron chi connectivity index (χ1n) is 14.0. The van der Waals surface area contributed by atoms with Crippen LogP contribution >= 0.6 is 0 Å². The van der Waals surface area contributed by atoms with E-state index in [0.29, 0.717) is 6.61 Å². The maximum atomic E-state index is 7.07. The Morgan fingerprint density at radius 1 is 0.707 bits per heavy atom. The van der Waals surface area contributed by atoms with Gasteiger partial charge in [-0.15, -0.1) is 0 Å². The highest BCUT2D eigenvalue weighted by Crippen LogP contribution is 2.43. The van der Waals surface area contributed by atoms with E-state index in [9.17, 15) is 0 Å². The third-order valence-electron chi connectivity index (χ3n) is 7.69. The summed E-state index contributed by atoms with van der Waals surface area (Å²) in [6, 6.07) is 38.8. The predicted octanol–water partition coefficient (Wildman–Crippen LogP) is 6.47. The molecule has 2 fully saturated rings. The van der Waals surface area contributed by atoms with Gasteiger partial charge in [-0.05, 0) is 48.2 Å².